The molecule has 2 aromatic carbocycles. The lowest BCUT2D eigenvalue weighted by Crippen LogP contribution is -2.33. The van der Waals surface area contributed by atoms with Crippen LogP contribution in [0, 0.1) is 0 Å². The van der Waals surface area contributed by atoms with Gasteiger partial charge in [-0.2, -0.15) is 0 Å². The van der Waals surface area contributed by atoms with Crippen LogP contribution < -0.4 is 4.74 Å². The van der Waals surface area contributed by atoms with E-state index in [-0.39, 0.29) is 12.1 Å². The summed E-state index contributed by atoms with van der Waals surface area (Å²) in [6, 6.07) is 17.7. The number of imidazole rings is 2. The Morgan fingerprint density at radius 3 is 2.74 bits per heavy atom. The van der Waals surface area contributed by atoms with Crippen LogP contribution in [0.4, 0.5) is 0 Å². The number of hydrogen-bond donors (Lipinski definition) is 0. The van der Waals surface area contributed by atoms with Crippen LogP contribution in [0.3, 0.4) is 0 Å². The van der Waals surface area contributed by atoms with E-state index >= 15 is 0 Å². The van der Waals surface area contributed by atoms with Crippen LogP contribution >= 0.6 is 0 Å². The largest absolute Gasteiger partial charge is 0.473 e. The molecular formula is C33H34N6O4. The lowest BCUT2D eigenvalue weighted by atomic mass is 10.0. The molecule has 0 radical (unpaired) electrons. The molecule has 2 aliphatic heterocycles. The monoisotopic (exact) mass is 578 g/mol. The minimum Gasteiger partial charge on any atom is -0.473 e. The van der Waals surface area contributed by atoms with Crippen molar-refractivity contribution >= 4 is 33.6 Å². The molecule has 0 unspecified atom stereocenters. The van der Waals surface area contributed by atoms with Gasteiger partial charge in [0, 0.05) is 32.8 Å². The van der Waals surface area contributed by atoms with Gasteiger partial charge in [-0.15, -0.1) is 0 Å². The average Bonchev–Trinajstić information content (AvgIpc) is 3.56. The molecule has 2 aliphatic rings. The molecule has 5 aromatic rings. The van der Waals surface area contributed by atoms with Gasteiger partial charge in [0.1, 0.15) is 12.4 Å². The molecule has 7 rings (SSSR count). The molecule has 10 heteroatoms. The SMILES string of the molecule is COC(=O)c1ccc2nc(CN3CC=C(c4cccc(OCc5ccc6ncn(C)c6c5)n4)CC3)n(C[C@@H]3CCO3)c2c1. The fourth-order valence-corrected chi connectivity index (χ4v) is 5.75. The molecule has 0 saturated carbocycles. The number of hydrogen-bond acceptors (Lipinski definition) is 8. The van der Waals surface area contributed by atoms with Crippen LogP contribution in [0.15, 0.2) is 67.0 Å². The van der Waals surface area contributed by atoms with E-state index in [1.807, 2.05) is 60.4 Å². The third kappa shape index (κ3) is 5.63. The first-order chi connectivity index (χ1) is 21.0. The minimum atomic E-state index is -0.348. The number of nitrogens with zero attached hydrogens (tertiary/aromatic N) is 6. The van der Waals surface area contributed by atoms with Crippen molar-refractivity contribution in [2.24, 2.45) is 7.05 Å². The van der Waals surface area contributed by atoms with Crippen LogP contribution in [0.2, 0.25) is 0 Å². The summed E-state index contributed by atoms with van der Waals surface area (Å²) >= 11 is 0. The molecule has 0 amide bonds. The first-order valence-electron chi connectivity index (χ1n) is 14.6. The first kappa shape index (κ1) is 27.3. The fourth-order valence-electron chi connectivity index (χ4n) is 5.75. The van der Waals surface area contributed by atoms with Crippen molar-refractivity contribution in [3.05, 3.63) is 89.6 Å². The Bertz CT molecular complexity index is 1840. The topological polar surface area (TPSA) is 96.5 Å². The standard InChI is InChI=1S/C33H34N6O4/c1-37-21-34-27-8-6-22(16-29(27)37)20-43-32-5-3-4-26(36-32)23-10-13-38(14-11-23)19-31-35-28-9-7-24(33(40)41-2)17-30(28)39(31)18-25-12-15-42-25/h3-10,16-17,21,25H,11-15,18-20H2,1-2H3/t25-/m0/s1. The summed E-state index contributed by atoms with van der Waals surface area (Å²) in [5.74, 6) is 1.24. The zero-order valence-electron chi connectivity index (χ0n) is 24.4. The number of fused-ring (bicyclic) bond motifs is 2. The predicted molar refractivity (Wildman–Crippen MR) is 163 cm³/mol. The molecule has 220 valence electrons. The molecule has 43 heavy (non-hydrogen) atoms. The number of carbonyl (C=O) groups is 1. The number of ether oxygens (including phenoxy) is 3. The summed E-state index contributed by atoms with van der Waals surface area (Å²) in [5.41, 5.74) is 7.63. The summed E-state index contributed by atoms with van der Waals surface area (Å²) in [6.07, 6.45) is 6.16. The van der Waals surface area contributed by atoms with Crippen molar-refractivity contribution in [2.75, 3.05) is 26.8 Å². The smallest absolute Gasteiger partial charge is 0.337 e. The fraction of sp³-hybridized carbons (Fsp3) is 0.333. The highest BCUT2D eigenvalue weighted by atomic mass is 16.5. The Balaban J connectivity index is 1.04. The molecule has 0 N–H and O–H groups in total. The molecule has 0 spiro atoms. The van der Waals surface area contributed by atoms with Gasteiger partial charge < -0.3 is 23.3 Å². The Morgan fingerprint density at radius 1 is 1.07 bits per heavy atom. The Morgan fingerprint density at radius 2 is 1.95 bits per heavy atom. The van der Waals surface area contributed by atoms with Gasteiger partial charge in [-0.1, -0.05) is 18.2 Å². The highest BCUT2D eigenvalue weighted by Gasteiger charge is 2.24. The van der Waals surface area contributed by atoms with Crippen LogP contribution in [-0.4, -0.2) is 67.9 Å². The van der Waals surface area contributed by atoms with Crippen molar-refractivity contribution in [1.29, 1.82) is 0 Å². The van der Waals surface area contributed by atoms with Gasteiger partial charge in [-0.3, -0.25) is 4.90 Å². The van der Waals surface area contributed by atoms with Gasteiger partial charge in [0.2, 0.25) is 5.88 Å². The van der Waals surface area contributed by atoms with Crippen molar-refractivity contribution in [3.8, 4) is 5.88 Å². The molecular weight excluding hydrogens is 544 g/mol. The van der Waals surface area contributed by atoms with E-state index in [1.165, 1.54) is 12.7 Å². The van der Waals surface area contributed by atoms with E-state index in [0.29, 0.717) is 24.6 Å². The number of pyridine rings is 1. The summed E-state index contributed by atoms with van der Waals surface area (Å²) < 4.78 is 21.0. The number of rotatable bonds is 9. The molecule has 0 aliphatic carbocycles. The number of esters is 1. The summed E-state index contributed by atoms with van der Waals surface area (Å²) in [6.45, 7) is 4.34. The Labute approximate surface area is 249 Å². The molecule has 1 atom stereocenters. The van der Waals surface area contributed by atoms with Crippen molar-refractivity contribution in [1.82, 2.24) is 29.0 Å². The maximum absolute atomic E-state index is 12.2. The van der Waals surface area contributed by atoms with Crippen molar-refractivity contribution in [3.63, 3.8) is 0 Å². The quantitative estimate of drug-likeness (QED) is 0.231. The third-order valence-electron chi connectivity index (χ3n) is 8.32. The summed E-state index contributed by atoms with van der Waals surface area (Å²) in [7, 11) is 3.39. The van der Waals surface area contributed by atoms with Crippen molar-refractivity contribution in [2.45, 2.75) is 38.6 Å². The summed E-state index contributed by atoms with van der Waals surface area (Å²) in [5, 5.41) is 0. The van der Waals surface area contributed by atoms with Gasteiger partial charge in [-0.05, 0) is 60.4 Å². The van der Waals surface area contributed by atoms with Crippen LogP contribution in [0.25, 0.3) is 27.6 Å². The highest BCUT2D eigenvalue weighted by molar-refractivity contribution is 5.93. The van der Waals surface area contributed by atoms with Gasteiger partial charge in [0.15, 0.2) is 0 Å². The van der Waals surface area contributed by atoms with Crippen LogP contribution in [-0.2, 0) is 36.2 Å². The third-order valence-corrected chi connectivity index (χ3v) is 8.32. The Hall–Kier alpha value is -4.54. The number of benzene rings is 2. The van der Waals surface area contributed by atoms with E-state index in [2.05, 4.69) is 26.6 Å². The Kier molecular flexibility index (Phi) is 7.38. The molecule has 10 nitrogen and oxygen atoms in total. The molecule has 3 aromatic heterocycles. The number of methoxy groups -OCH3 is 1. The van der Waals surface area contributed by atoms with Gasteiger partial charge in [0.05, 0.1) is 66.0 Å². The van der Waals surface area contributed by atoms with Crippen LogP contribution in [0.1, 0.15) is 40.3 Å². The zero-order chi connectivity index (χ0) is 29.3. The number of aryl methyl sites for hydroxylation is 1. The normalized spacial score (nSPS) is 17.2. The second-order valence-corrected chi connectivity index (χ2v) is 11.2. The minimum absolute atomic E-state index is 0.171. The van der Waals surface area contributed by atoms with Crippen molar-refractivity contribution < 1.29 is 19.0 Å². The average molecular weight is 579 g/mol. The second-order valence-electron chi connectivity index (χ2n) is 11.2. The highest BCUT2D eigenvalue weighted by Crippen LogP contribution is 2.27. The molecule has 0 bridgehead atoms. The van der Waals surface area contributed by atoms with E-state index in [9.17, 15) is 4.79 Å². The van der Waals surface area contributed by atoms with Crippen LogP contribution in [0.5, 0.6) is 5.88 Å². The molecule has 1 saturated heterocycles. The lowest BCUT2D eigenvalue weighted by Gasteiger charge is -2.29. The van der Waals surface area contributed by atoms with E-state index in [0.717, 1.165) is 78.2 Å². The lowest BCUT2D eigenvalue weighted by molar-refractivity contribution is -0.0591. The summed E-state index contributed by atoms with van der Waals surface area (Å²) in [4.78, 5) is 28.7. The van der Waals surface area contributed by atoms with E-state index in [4.69, 9.17) is 24.2 Å². The number of carbonyl (C=O) groups excluding carboxylic acids is 1. The van der Waals surface area contributed by atoms with E-state index < -0.39 is 0 Å². The number of aromatic nitrogens is 5. The maximum atomic E-state index is 12.2. The van der Waals surface area contributed by atoms with Gasteiger partial charge >= 0.3 is 5.97 Å². The van der Waals surface area contributed by atoms with Gasteiger partial charge in [0.25, 0.3) is 0 Å². The van der Waals surface area contributed by atoms with Gasteiger partial charge in [-0.25, -0.2) is 19.7 Å². The second kappa shape index (κ2) is 11.6. The maximum Gasteiger partial charge on any atom is 0.337 e. The predicted octanol–water partition coefficient (Wildman–Crippen LogP) is 4.76. The van der Waals surface area contributed by atoms with E-state index in [1.54, 1.807) is 6.07 Å². The molecule has 5 heterocycles. The molecule has 1 fully saturated rings. The first-order valence-corrected chi connectivity index (χ1v) is 14.6. The zero-order valence-corrected chi connectivity index (χ0v) is 24.4.